The third-order valence-corrected chi connectivity index (χ3v) is 4.52. The average molecular weight is 269 g/mol. The maximum atomic E-state index is 11.4. The van der Waals surface area contributed by atoms with Gasteiger partial charge in [-0.3, -0.25) is 4.79 Å². The molecular formula is C16H31NO2. The van der Waals surface area contributed by atoms with Crippen molar-refractivity contribution < 1.29 is 9.90 Å². The molecular weight excluding hydrogens is 238 g/mol. The van der Waals surface area contributed by atoms with Crippen LogP contribution >= 0.6 is 0 Å². The number of likely N-dealkylation sites (tertiary alicyclic amines) is 1. The Kier molecular flexibility index (Phi) is 5.84. The van der Waals surface area contributed by atoms with Crippen molar-refractivity contribution >= 4 is 5.97 Å². The van der Waals surface area contributed by atoms with Crippen molar-refractivity contribution in [3.05, 3.63) is 0 Å². The smallest absolute Gasteiger partial charge is 0.309 e. The van der Waals surface area contributed by atoms with E-state index in [1.54, 1.807) is 0 Å². The first-order chi connectivity index (χ1) is 8.73. The number of nitrogens with zero attached hydrogens (tertiary/aromatic N) is 1. The number of carboxylic acids is 1. The third-order valence-electron chi connectivity index (χ3n) is 4.52. The molecule has 0 aliphatic carbocycles. The molecule has 3 heteroatoms. The van der Waals surface area contributed by atoms with Gasteiger partial charge in [0.05, 0.1) is 5.41 Å². The zero-order valence-corrected chi connectivity index (χ0v) is 13.3. The molecule has 0 bridgehead atoms. The Morgan fingerprint density at radius 1 is 1.37 bits per heavy atom. The second-order valence-corrected chi connectivity index (χ2v) is 7.36. The van der Waals surface area contributed by atoms with Crippen LogP contribution in [0, 0.1) is 23.2 Å². The van der Waals surface area contributed by atoms with Crippen molar-refractivity contribution in [1.82, 2.24) is 4.90 Å². The first-order valence-corrected chi connectivity index (χ1v) is 7.69. The van der Waals surface area contributed by atoms with E-state index in [0.29, 0.717) is 5.92 Å². The minimum Gasteiger partial charge on any atom is -0.481 e. The normalized spacial score (nSPS) is 23.6. The summed E-state index contributed by atoms with van der Waals surface area (Å²) in [5, 5.41) is 9.36. The molecule has 0 spiro atoms. The van der Waals surface area contributed by atoms with Crippen molar-refractivity contribution in [2.45, 2.75) is 53.9 Å². The quantitative estimate of drug-likeness (QED) is 0.802. The maximum absolute atomic E-state index is 11.4. The van der Waals surface area contributed by atoms with Gasteiger partial charge in [0, 0.05) is 13.1 Å². The van der Waals surface area contributed by atoms with Gasteiger partial charge in [-0.1, -0.05) is 20.8 Å². The number of carboxylic acid groups (broad SMARTS) is 1. The van der Waals surface area contributed by atoms with Crippen LogP contribution in [0.25, 0.3) is 0 Å². The summed E-state index contributed by atoms with van der Waals surface area (Å²) in [7, 11) is 0. The molecule has 0 amide bonds. The summed E-state index contributed by atoms with van der Waals surface area (Å²) in [5.74, 6) is 1.07. The topological polar surface area (TPSA) is 40.5 Å². The molecule has 0 radical (unpaired) electrons. The van der Waals surface area contributed by atoms with Crippen molar-refractivity contribution in [3.8, 4) is 0 Å². The lowest BCUT2D eigenvalue weighted by molar-refractivity contribution is -0.151. The van der Waals surface area contributed by atoms with Gasteiger partial charge in [0.1, 0.15) is 0 Å². The standard InChI is InChI=1S/C16H31NO2/c1-12(2)9-13(3)10-17-8-6-7-14(11-17)16(4,5)15(18)19/h12-14H,6-11H2,1-5H3,(H,18,19). The van der Waals surface area contributed by atoms with Gasteiger partial charge in [-0.15, -0.1) is 0 Å². The molecule has 0 saturated carbocycles. The van der Waals surface area contributed by atoms with Crippen molar-refractivity contribution in [2.75, 3.05) is 19.6 Å². The molecule has 1 aliphatic heterocycles. The summed E-state index contributed by atoms with van der Waals surface area (Å²) in [5.41, 5.74) is -0.597. The zero-order valence-electron chi connectivity index (χ0n) is 13.3. The van der Waals surface area contributed by atoms with E-state index in [4.69, 9.17) is 0 Å². The van der Waals surface area contributed by atoms with E-state index in [1.165, 1.54) is 6.42 Å². The lowest BCUT2D eigenvalue weighted by Gasteiger charge is -2.40. The van der Waals surface area contributed by atoms with Crippen LogP contribution in [-0.4, -0.2) is 35.6 Å². The lowest BCUT2D eigenvalue weighted by atomic mass is 9.74. The van der Waals surface area contributed by atoms with Gasteiger partial charge in [0.15, 0.2) is 0 Å². The molecule has 0 aromatic carbocycles. The predicted octanol–water partition coefficient (Wildman–Crippen LogP) is 3.49. The van der Waals surface area contributed by atoms with Crippen LogP contribution in [0.15, 0.2) is 0 Å². The van der Waals surface area contributed by atoms with Crippen LogP contribution in [0.2, 0.25) is 0 Å². The summed E-state index contributed by atoms with van der Waals surface area (Å²) >= 11 is 0. The van der Waals surface area contributed by atoms with Crippen LogP contribution < -0.4 is 0 Å². The molecule has 1 rings (SSSR count). The van der Waals surface area contributed by atoms with Crippen molar-refractivity contribution in [2.24, 2.45) is 23.2 Å². The highest BCUT2D eigenvalue weighted by atomic mass is 16.4. The minimum atomic E-state index is -0.658. The molecule has 1 saturated heterocycles. The van der Waals surface area contributed by atoms with E-state index < -0.39 is 11.4 Å². The Morgan fingerprint density at radius 3 is 2.53 bits per heavy atom. The third kappa shape index (κ3) is 4.79. The van der Waals surface area contributed by atoms with E-state index in [0.717, 1.165) is 38.4 Å². The molecule has 0 aromatic heterocycles. The molecule has 19 heavy (non-hydrogen) atoms. The molecule has 112 valence electrons. The molecule has 2 unspecified atom stereocenters. The fraction of sp³-hybridized carbons (Fsp3) is 0.938. The summed E-state index contributed by atoms with van der Waals surface area (Å²) in [4.78, 5) is 13.9. The lowest BCUT2D eigenvalue weighted by Crippen LogP contribution is -2.45. The van der Waals surface area contributed by atoms with Crippen LogP contribution in [0.3, 0.4) is 0 Å². The van der Waals surface area contributed by atoms with E-state index in [-0.39, 0.29) is 5.92 Å². The van der Waals surface area contributed by atoms with Gasteiger partial charge < -0.3 is 10.0 Å². The first kappa shape index (κ1) is 16.5. The van der Waals surface area contributed by atoms with Gasteiger partial charge in [-0.25, -0.2) is 0 Å². The highest BCUT2D eigenvalue weighted by molar-refractivity contribution is 5.74. The second-order valence-electron chi connectivity index (χ2n) is 7.36. The molecule has 1 heterocycles. The number of aliphatic carboxylic acids is 1. The SMILES string of the molecule is CC(C)CC(C)CN1CCCC(C(C)(C)C(=O)O)C1. The average Bonchev–Trinajstić information content (AvgIpc) is 2.27. The van der Waals surface area contributed by atoms with E-state index >= 15 is 0 Å². The van der Waals surface area contributed by atoms with Crippen LogP contribution in [0.4, 0.5) is 0 Å². The molecule has 2 atom stereocenters. The van der Waals surface area contributed by atoms with E-state index in [9.17, 15) is 9.90 Å². The largest absolute Gasteiger partial charge is 0.481 e. The van der Waals surface area contributed by atoms with E-state index in [2.05, 4.69) is 25.7 Å². The Labute approximate surface area is 118 Å². The van der Waals surface area contributed by atoms with Gasteiger partial charge >= 0.3 is 5.97 Å². The number of hydrogen-bond acceptors (Lipinski definition) is 2. The maximum Gasteiger partial charge on any atom is 0.309 e. The first-order valence-electron chi connectivity index (χ1n) is 7.69. The molecule has 1 aliphatic rings. The highest BCUT2D eigenvalue weighted by Gasteiger charge is 2.39. The van der Waals surface area contributed by atoms with Crippen LogP contribution in [-0.2, 0) is 4.79 Å². The fourth-order valence-electron chi connectivity index (χ4n) is 3.31. The van der Waals surface area contributed by atoms with E-state index in [1.807, 2.05) is 13.8 Å². The van der Waals surface area contributed by atoms with Crippen molar-refractivity contribution in [1.29, 1.82) is 0 Å². The zero-order chi connectivity index (χ0) is 14.6. The molecule has 1 N–H and O–H groups in total. The minimum absolute atomic E-state index is 0.282. The Balaban J connectivity index is 2.53. The Hall–Kier alpha value is -0.570. The van der Waals surface area contributed by atoms with Gasteiger partial charge in [-0.05, 0) is 57.4 Å². The summed E-state index contributed by atoms with van der Waals surface area (Å²) in [6.45, 7) is 13.8. The Morgan fingerprint density at radius 2 is 2.00 bits per heavy atom. The van der Waals surface area contributed by atoms with Gasteiger partial charge in [0.25, 0.3) is 0 Å². The number of hydrogen-bond donors (Lipinski definition) is 1. The Bertz CT molecular complexity index is 299. The fourth-order valence-corrected chi connectivity index (χ4v) is 3.31. The molecule has 3 nitrogen and oxygen atoms in total. The summed E-state index contributed by atoms with van der Waals surface area (Å²) < 4.78 is 0. The highest BCUT2D eigenvalue weighted by Crippen LogP contribution is 2.34. The second kappa shape index (κ2) is 6.74. The predicted molar refractivity (Wildman–Crippen MR) is 79.2 cm³/mol. The summed E-state index contributed by atoms with van der Waals surface area (Å²) in [6, 6.07) is 0. The number of rotatable bonds is 6. The number of piperidine rings is 1. The summed E-state index contributed by atoms with van der Waals surface area (Å²) in [6.07, 6.45) is 3.44. The molecule has 0 aromatic rings. The monoisotopic (exact) mass is 269 g/mol. The van der Waals surface area contributed by atoms with Gasteiger partial charge in [0.2, 0.25) is 0 Å². The van der Waals surface area contributed by atoms with Crippen molar-refractivity contribution in [3.63, 3.8) is 0 Å². The molecule has 1 fully saturated rings. The number of carbonyl (C=O) groups is 1. The van der Waals surface area contributed by atoms with Gasteiger partial charge in [-0.2, -0.15) is 0 Å². The van der Waals surface area contributed by atoms with Crippen LogP contribution in [0.5, 0.6) is 0 Å². The van der Waals surface area contributed by atoms with Crippen LogP contribution in [0.1, 0.15) is 53.9 Å².